The summed E-state index contributed by atoms with van der Waals surface area (Å²) in [4.78, 5) is 17.3. The monoisotopic (exact) mass is 353 g/mol. The highest BCUT2D eigenvalue weighted by molar-refractivity contribution is 8.00. The standard InChI is InChI=1S/C20H19NOS2/c1-14-18-9-11-23-19(18)8-10-21(14)20(22)13-24-17-7-6-15-4-2-3-5-16(15)12-17/h2-7,9,11-12,14H,8,10,13H2,1H3/t14-/m0/s1. The molecule has 0 spiro atoms. The molecular formula is C20H19NOS2. The molecule has 0 fully saturated rings. The van der Waals surface area contributed by atoms with E-state index in [4.69, 9.17) is 0 Å². The summed E-state index contributed by atoms with van der Waals surface area (Å²) >= 11 is 3.44. The second kappa shape index (κ2) is 6.61. The first kappa shape index (κ1) is 15.7. The van der Waals surface area contributed by atoms with Gasteiger partial charge in [-0.25, -0.2) is 0 Å². The molecule has 4 rings (SSSR count). The molecule has 1 aliphatic heterocycles. The molecule has 2 aromatic carbocycles. The number of rotatable bonds is 3. The number of amides is 1. The van der Waals surface area contributed by atoms with Gasteiger partial charge in [0.05, 0.1) is 11.8 Å². The lowest BCUT2D eigenvalue weighted by atomic mass is 10.0. The summed E-state index contributed by atoms with van der Waals surface area (Å²) in [5.41, 5.74) is 1.33. The molecule has 2 heterocycles. The van der Waals surface area contributed by atoms with Crippen LogP contribution in [0.25, 0.3) is 10.8 Å². The number of hydrogen-bond acceptors (Lipinski definition) is 3. The van der Waals surface area contributed by atoms with Crippen molar-refractivity contribution in [2.24, 2.45) is 0 Å². The van der Waals surface area contributed by atoms with Crippen LogP contribution in [-0.4, -0.2) is 23.1 Å². The van der Waals surface area contributed by atoms with Gasteiger partial charge in [-0.05, 0) is 53.3 Å². The first-order valence-electron chi connectivity index (χ1n) is 8.20. The number of fused-ring (bicyclic) bond motifs is 2. The number of nitrogens with zero attached hydrogens (tertiary/aromatic N) is 1. The molecule has 1 amide bonds. The van der Waals surface area contributed by atoms with E-state index in [2.05, 4.69) is 60.8 Å². The second-order valence-electron chi connectivity index (χ2n) is 6.11. The maximum atomic E-state index is 12.7. The van der Waals surface area contributed by atoms with Crippen LogP contribution in [0.2, 0.25) is 0 Å². The molecular weight excluding hydrogens is 334 g/mol. The van der Waals surface area contributed by atoms with Crippen molar-refractivity contribution in [1.82, 2.24) is 4.90 Å². The van der Waals surface area contributed by atoms with Crippen molar-refractivity contribution in [3.63, 3.8) is 0 Å². The van der Waals surface area contributed by atoms with E-state index in [1.54, 1.807) is 11.8 Å². The zero-order chi connectivity index (χ0) is 16.5. The van der Waals surface area contributed by atoms with Gasteiger partial charge in [0.15, 0.2) is 0 Å². The second-order valence-corrected chi connectivity index (χ2v) is 8.16. The Hall–Kier alpha value is -1.78. The van der Waals surface area contributed by atoms with Gasteiger partial charge < -0.3 is 4.90 Å². The Labute approximate surface area is 150 Å². The minimum Gasteiger partial charge on any atom is -0.335 e. The third-order valence-corrected chi connectivity index (χ3v) is 6.66. The number of carbonyl (C=O) groups is 1. The topological polar surface area (TPSA) is 20.3 Å². The predicted molar refractivity (Wildman–Crippen MR) is 103 cm³/mol. The summed E-state index contributed by atoms with van der Waals surface area (Å²) in [5, 5.41) is 4.60. The normalized spacial score (nSPS) is 17.0. The summed E-state index contributed by atoms with van der Waals surface area (Å²) in [6.07, 6.45) is 0.990. The van der Waals surface area contributed by atoms with Crippen LogP contribution in [0.4, 0.5) is 0 Å². The fraction of sp³-hybridized carbons (Fsp3) is 0.250. The average molecular weight is 354 g/mol. The number of benzene rings is 2. The van der Waals surface area contributed by atoms with E-state index >= 15 is 0 Å². The highest BCUT2D eigenvalue weighted by Crippen LogP contribution is 2.33. The van der Waals surface area contributed by atoms with Crippen molar-refractivity contribution < 1.29 is 4.79 Å². The van der Waals surface area contributed by atoms with Gasteiger partial charge >= 0.3 is 0 Å². The number of hydrogen-bond donors (Lipinski definition) is 0. The Bertz CT molecular complexity index is 886. The van der Waals surface area contributed by atoms with Gasteiger partial charge in [-0.15, -0.1) is 23.1 Å². The lowest BCUT2D eigenvalue weighted by Crippen LogP contribution is -2.39. The largest absolute Gasteiger partial charge is 0.335 e. The fourth-order valence-electron chi connectivity index (χ4n) is 3.34. The van der Waals surface area contributed by atoms with Gasteiger partial charge in [-0.2, -0.15) is 0 Å². The molecule has 1 aliphatic rings. The lowest BCUT2D eigenvalue weighted by molar-refractivity contribution is -0.130. The fourth-order valence-corrected chi connectivity index (χ4v) is 5.13. The van der Waals surface area contributed by atoms with Crippen LogP contribution in [0.1, 0.15) is 23.4 Å². The lowest BCUT2D eigenvalue weighted by Gasteiger charge is -2.33. The highest BCUT2D eigenvalue weighted by atomic mass is 32.2. The van der Waals surface area contributed by atoms with Crippen LogP contribution in [0.15, 0.2) is 58.8 Å². The predicted octanol–water partition coefficient (Wildman–Crippen LogP) is 5.14. The number of carbonyl (C=O) groups excluding carboxylic acids is 1. The molecule has 0 aliphatic carbocycles. The molecule has 0 N–H and O–H groups in total. The van der Waals surface area contributed by atoms with Crippen molar-refractivity contribution in [2.45, 2.75) is 24.3 Å². The summed E-state index contributed by atoms with van der Waals surface area (Å²) in [7, 11) is 0. The van der Waals surface area contributed by atoms with Gasteiger partial charge in [0.2, 0.25) is 5.91 Å². The minimum atomic E-state index is 0.199. The Morgan fingerprint density at radius 2 is 2.04 bits per heavy atom. The van der Waals surface area contributed by atoms with Crippen molar-refractivity contribution in [3.8, 4) is 0 Å². The van der Waals surface area contributed by atoms with E-state index in [1.807, 2.05) is 16.2 Å². The first-order valence-corrected chi connectivity index (χ1v) is 10.1. The van der Waals surface area contributed by atoms with E-state index in [0.29, 0.717) is 5.75 Å². The Morgan fingerprint density at radius 1 is 1.21 bits per heavy atom. The van der Waals surface area contributed by atoms with E-state index in [1.165, 1.54) is 21.2 Å². The zero-order valence-corrected chi connectivity index (χ0v) is 15.2. The Kier molecular flexibility index (Phi) is 4.33. The maximum absolute atomic E-state index is 12.7. The quantitative estimate of drug-likeness (QED) is 0.608. The average Bonchev–Trinajstić information content (AvgIpc) is 3.09. The van der Waals surface area contributed by atoms with Gasteiger partial charge in [-0.1, -0.05) is 30.3 Å². The van der Waals surface area contributed by atoms with Crippen molar-refractivity contribution in [3.05, 3.63) is 64.4 Å². The summed E-state index contributed by atoms with van der Waals surface area (Å²) in [6.45, 7) is 2.98. The zero-order valence-electron chi connectivity index (χ0n) is 13.6. The molecule has 24 heavy (non-hydrogen) atoms. The van der Waals surface area contributed by atoms with Crippen LogP contribution in [-0.2, 0) is 11.2 Å². The van der Waals surface area contributed by atoms with Gasteiger partial charge in [0, 0.05) is 16.3 Å². The summed E-state index contributed by atoms with van der Waals surface area (Å²) in [6, 6.07) is 17.1. The van der Waals surface area contributed by atoms with E-state index in [0.717, 1.165) is 17.9 Å². The molecule has 0 unspecified atom stereocenters. The number of thiophene rings is 1. The highest BCUT2D eigenvalue weighted by Gasteiger charge is 2.28. The minimum absolute atomic E-state index is 0.199. The maximum Gasteiger partial charge on any atom is 0.233 e. The van der Waals surface area contributed by atoms with Crippen LogP contribution in [0.3, 0.4) is 0 Å². The molecule has 0 saturated heterocycles. The Balaban J connectivity index is 1.44. The van der Waals surface area contributed by atoms with E-state index in [-0.39, 0.29) is 11.9 Å². The van der Waals surface area contributed by atoms with Crippen LogP contribution in [0.5, 0.6) is 0 Å². The van der Waals surface area contributed by atoms with E-state index in [9.17, 15) is 4.79 Å². The first-order chi connectivity index (χ1) is 11.7. The van der Waals surface area contributed by atoms with Gasteiger partial charge in [-0.3, -0.25) is 4.79 Å². The smallest absolute Gasteiger partial charge is 0.233 e. The number of thioether (sulfide) groups is 1. The SMILES string of the molecule is C[C@H]1c2ccsc2CCN1C(=O)CSc1ccc2ccccc2c1. The Morgan fingerprint density at radius 3 is 2.92 bits per heavy atom. The van der Waals surface area contributed by atoms with Crippen LogP contribution in [0, 0.1) is 0 Å². The van der Waals surface area contributed by atoms with Crippen molar-refractivity contribution in [2.75, 3.05) is 12.3 Å². The van der Waals surface area contributed by atoms with Gasteiger partial charge in [0.1, 0.15) is 0 Å². The van der Waals surface area contributed by atoms with Crippen molar-refractivity contribution in [1.29, 1.82) is 0 Å². The molecule has 4 heteroatoms. The van der Waals surface area contributed by atoms with E-state index < -0.39 is 0 Å². The van der Waals surface area contributed by atoms with Gasteiger partial charge in [0.25, 0.3) is 0 Å². The molecule has 2 nitrogen and oxygen atoms in total. The molecule has 122 valence electrons. The van der Waals surface area contributed by atoms with Crippen molar-refractivity contribution >= 4 is 39.8 Å². The molecule has 1 atom stereocenters. The third kappa shape index (κ3) is 2.96. The summed E-state index contributed by atoms with van der Waals surface area (Å²) < 4.78 is 0. The molecule has 0 saturated carbocycles. The van der Waals surface area contributed by atoms with Crippen LogP contribution < -0.4 is 0 Å². The molecule has 0 bridgehead atoms. The summed E-state index contributed by atoms with van der Waals surface area (Å²) in [5.74, 6) is 0.736. The van der Waals surface area contributed by atoms with Crippen LogP contribution >= 0.6 is 23.1 Å². The third-order valence-electron chi connectivity index (χ3n) is 4.68. The molecule has 3 aromatic rings. The molecule has 0 radical (unpaired) electrons. The molecule has 1 aromatic heterocycles.